The Morgan fingerprint density at radius 2 is 2.29 bits per heavy atom. The fourth-order valence-corrected chi connectivity index (χ4v) is 1.17. The van der Waals surface area contributed by atoms with Crippen LogP contribution in [0, 0.1) is 0 Å². The molecule has 0 aliphatic heterocycles. The lowest BCUT2D eigenvalue weighted by Gasteiger charge is -1.99. The number of aromatic amines is 1. The zero-order valence-corrected chi connectivity index (χ0v) is 8.85. The number of H-pyrrole nitrogens is 1. The van der Waals surface area contributed by atoms with Gasteiger partial charge in [0.2, 0.25) is 5.43 Å². The van der Waals surface area contributed by atoms with E-state index in [1.54, 1.807) is 6.92 Å². The summed E-state index contributed by atoms with van der Waals surface area (Å²) in [7, 11) is 0. The van der Waals surface area contributed by atoms with Gasteiger partial charge in [-0.1, -0.05) is 23.2 Å². The van der Waals surface area contributed by atoms with Crippen molar-refractivity contribution in [3.63, 3.8) is 0 Å². The maximum Gasteiger partial charge on any atom is 0.227 e. The summed E-state index contributed by atoms with van der Waals surface area (Å²) in [4.78, 5) is 11.4. The molecule has 6 heteroatoms. The van der Waals surface area contributed by atoms with Crippen molar-refractivity contribution in [1.29, 1.82) is 0 Å². The van der Waals surface area contributed by atoms with Gasteiger partial charge < -0.3 is 5.11 Å². The van der Waals surface area contributed by atoms with Gasteiger partial charge in [0.05, 0.1) is 12.2 Å². The molecule has 0 unspecified atom stereocenters. The van der Waals surface area contributed by atoms with Gasteiger partial charge >= 0.3 is 0 Å². The average molecular weight is 235 g/mol. The van der Waals surface area contributed by atoms with Crippen molar-refractivity contribution in [1.82, 2.24) is 10.2 Å². The van der Waals surface area contributed by atoms with E-state index in [4.69, 9.17) is 28.3 Å². The van der Waals surface area contributed by atoms with Gasteiger partial charge in [0, 0.05) is 0 Å². The number of aromatic nitrogens is 2. The second kappa shape index (κ2) is 4.59. The fraction of sp³-hybridized carbons (Fsp3) is 0.250. The Labute approximate surface area is 90.2 Å². The first-order valence-corrected chi connectivity index (χ1v) is 4.53. The van der Waals surface area contributed by atoms with E-state index in [0.717, 1.165) is 0 Å². The molecule has 0 saturated carbocycles. The van der Waals surface area contributed by atoms with Crippen LogP contribution in [-0.4, -0.2) is 21.9 Å². The topological polar surface area (TPSA) is 66.0 Å². The summed E-state index contributed by atoms with van der Waals surface area (Å²) in [6.07, 6.45) is 1.47. The fourth-order valence-electron chi connectivity index (χ4n) is 0.841. The molecule has 14 heavy (non-hydrogen) atoms. The Balaban J connectivity index is 3.34. The molecule has 0 amide bonds. The molecular weight excluding hydrogens is 227 g/mol. The SMILES string of the molecule is C/C(=C\c1c(Cl)[nH]nc(Cl)c1=O)CO. The van der Waals surface area contributed by atoms with Crippen LogP contribution in [0.2, 0.25) is 10.3 Å². The number of aliphatic hydroxyl groups is 1. The highest BCUT2D eigenvalue weighted by Gasteiger charge is 2.07. The minimum Gasteiger partial charge on any atom is -0.392 e. The van der Waals surface area contributed by atoms with Gasteiger partial charge in [-0.3, -0.25) is 9.89 Å². The van der Waals surface area contributed by atoms with Crippen molar-refractivity contribution in [3.05, 3.63) is 31.7 Å². The summed E-state index contributed by atoms with van der Waals surface area (Å²) in [6, 6.07) is 0. The van der Waals surface area contributed by atoms with Crippen molar-refractivity contribution in [2.24, 2.45) is 0 Å². The molecule has 0 spiro atoms. The van der Waals surface area contributed by atoms with Gasteiger partial charge in [-0.25, -0.2) is 0 Å². The van der Waals surface area contributed by atoms with E-state index in [9.17, 15) is 4.79 Å². The predicted molar refractivity (Wildman–Crippen MR) is 55.6 cm³/mol. The molecule has 4 nitrogen and oxygen atoms in total. The van der Waals surface area contributed by atoms with E-state index in [0.29, 0.717) is 5.57 Å². The van der Waals surface area contributed by atoms with E-state index in [1.165, 1.54) is 6.08 Å². The minimum atomic E-state index is -0.455. The van der Waals surface area contributed by atoms with Crippen LogP contribution in [0.15, 0.2) is 10.4 Å². The zero-order valence-electron chi connectivity index (χ0n) is 7.34. The Kier molecular flexibility index (Phi) is 3.69. The Morgan fingerprint density at radius 1 is 1.64 bits per heavy atom. The lowest BCUT2D eigenvalue weighted by atomic mass is 10.2. The van der Waals surface area contributed by atoms with Gasteiger partial charge in [0.15, 0.2) is 5.15 Å². The molecule has 0 saturated heterocycles. The van der Waals surface area contributed by atoms with E-state index < -0.39 is 5.43 Å². The van der Waals surface area contributed by atoms with Crippen molar-refractivity contribution >= 4 is 29.3 Å². The highest BCUT2D eigenvalue weighted by molar-refractivity contribution is 6.32. The lowest BCUT2D eigenvalue weighted by molar-refractivity contribution is 0.332. The highest BCUT2D eigenvalue weighted by Crippen LogP contribution is 2.12. The molecule has 0 aliphatic carbocycles. The first-order chi connectivity index (χ1) is 6.56. The predicted octanol–water partition coefficient (Wildman–Crippen LogP) is 1.47. The molecule has 0 bridgehead atoms. The highest BCUT2D eigenvalue weighted by atomic mass is 35.5. The standard InChI is InChI=1S/C8H8Cl2N2O2/c1-4(3-13)2-5-6(14)8(10)12-11-7(5)9/h2,13H,3H2,1H3,(H,11,14)/b4-2+. The van der Waals surface area contributed by atoms with Crippen LogP contribution in [0.3, 0.4) is 0 Å². The first kappa shape index (κ1) is 11.2. The van der Waals surface area contributed by atoms with E-state index in [1.807, 2.05) is 0 Å². The number of hydrogen-bond acceptors (Lipinski definition) is 3. The molecule has 1 heterocycles. The molecule has 0 atom stereocenters. The average Bonchev–Trinajstić information content (AvgIpc) is 2.18. The molecule has 1 aromatic rings. The van der Waals surface area contributed by atoms with Crippen LogP contribution in [0.4, 0.5) is 0 Å². The van der Waals surface area contributed by atoms with E-state index in [-0.39, 0.29) is 22.5 Å². The Hall–Kier alpha value is -0.840. The quantitative estimate of drug-likeness (QED) is 0.815. The van der Waals surface area contributed by atoms with Gasteiger partial charge in [-0.15, -0.1) is 0 Å². The van der Waals surface area contributed by atoms with Crippen molar-refractivity contribution < 1.29 is 5.11 Å². The summed E-state index contributed by atoms with van der Waals surface area (Å²) in [5.41, 5.74) is 0.362. The number of nitrogens with zero attached hydrogens (tertiary/aromatic N) is 1. The maximum atomic E-state index is 11.4. The minimum absolute atomic E-state index is 0.104. The number of rotatable bonds is 2. The second-order valence-electron chi connectivity index (χ2n) is 2.72. The van der Waals surface area contributed by atoms with Crippen molar-refractivity contribution in [3.8, 4) is 0 Å². The third-order valence-electron chi connectivity index (χ3n) is 1.56. The van der Waals surface area contributed by atoms with Crippen LogP contribution in [0.5, 0.6) is 0 Å². The molecular formula is C8H8Cl2N2O2. The zero-order chi connectivity index (χ0) is 10.7. The van der Waals surface area contributed by atoms with Crippen LogP contribution in [-0.2, 0) is 0 Å². The van der Waals surface area contributed by atoms with Gasteiger partial charge in [0.1, 0.15) is 5.15 Å². The van der Waals surface area contributed by atoms with Crippen molar-refractivity contribution in [2.45, 2.75) is 6.92 Å². The van der Waals surface area contributed by atoms with Crippen molar-refractivity contribution in [2.75, 3.05) is 6.61 Å². The number of hydrogen-bond donors (Lipinski definition) is 2. The first-order valence-electron chi connectivity index (χ1n) is 3.78. The molecule has 0 aliphatic rings. The molecule has 1 aromatic heterocycles. The molecule has 76 valence electrons. The lowest BCUT2D eigenvalue weighted by Crippen LogP contribution is -2.10. The largest absolute Gasteiger partial charge is 0.392 e. The molecule has 1 rings (SSSR count). The third-order valence-corrected chi connectivity index (χ3v) is 2.11. The van der Waals surface area contributed by atoms with Gasteiger partial charge in [-0.2, -0.15) is 5.10 Å². The van der Waals surface area contributed by atoms with E-state index >= 15 is 0 Å². The summed E-state index contributed by atoms with van der Waals surface area (Å²) in [5.74, 6) is 0. The number of nitrogens with one attached hydrogen (secondary N) is 1. The summed E-state index contributed by atoms with van der Waals surface area (Å²) in [6.45, 7) is 1.53. The number of aliphatic hydroxyl groups excluding tert-OH is 1. The monoisotopic (exact) mass is 234 g/mol. The summed E-state index contributed by atoms with van der Waals surface area (Å²) < 4.78 is 0. The van der Waals surface area contributed by atoms with Crippen LogP contribution in [0.25, 0.3) is 6.08 Å². The van der Waals surface area contributed by atoms with Crippen LogP contribution < -0.4 is 5.43 Å². The normalized spacial score (nSPS) is 11.9. The third kappa shape index (κ3) is 2.35. The smallest absolute Gasteiger partial charge is 0.227 e. The molecule has 0 aromatic carbocycles. The Bertz CT molecular complexity index is 426. The number of halogens is 2. The Morgan fingerprint density at radius 3 is 2.86 bits per heavy atom. The van der Waals surface area contributed by atoms with Crippen LogP contribution >= 0.6 is 23.2 Å². The van der Waals surface area contributed by atoms with Crippen LogP contribution in [0.1, 0.15) is 12.5 Å². The molecule has 0 radical (unpaired) electrons. The molecule has 2 N–H and O–H groups in total. The molecule has 0 fully saturated rings. The van der Waals surface area contributed by atoms with Gasteiger partial charge in [0.25, 0.3) is 0 Å². The summed E-state index contributed by atoms with van der Waals surface area (Å²) >= 11 is 11.2. The maximum absolute atomic E-state index is 11.4. The second-order valence-corrected chi connectivity index (χ2v) is 3.46. The van der Waals surface area contributed by atoms with E-state index in [2.05, 4.69) is 10.2 Å². The van der Waals surface area contributed by atoms with Gasteiger partial charge in [-0.05, 0) is 18.6 Å². The summed E-state index contributed by atoms with van der Waals surface area (Å²) in [5, 5.41) is 14.6.